The zero-order valence-corrected chi connectivity index (χ0v) is 13.0. The number of aliphatic imine (C=N–C) groups is 1. The molecule has 23 heavy (non-hydrogen) atoms. The fourth-order valence-electron chi connectivity index (χ4n) is 2.42. The number of nitrogens with zero attached hydrogens (tertiary/aromatic N) is 1. The third-order valence-corrected chi connectivity index (χ3v) is 3.71. The van der Waals surface area contributed by atoms with Gasteiger partial charge in [-0.2, -0.15) is 0 Å². The maximum absolute atomic E-state index is 13.0. The summed E-state index contributed by atoms with van der Waals surface area (Å²) in [6.45, 7) is 2.60. The number of benzene rings is 3. The summed E-state index contributed by atoms with van der Waals surface area (Å²) in [5.74, 6) is -0.223. The van der Waals surface area contributed by atoms with Gasteiger partial charge in [0.1, 0.15) is 5.82 Å². The van der Waals surface area contributed by atoms with E-state index in [1.165, 1.54) is 17.7 Å². The first-order chi connectivity index (χ1) is 11.2. The minimum atomic E-state index is -0.223. The summed E-state index contributed by atoms with van der Waals surface area (Å²) in [5, 5.41) is 0. The lowest BCUT2D eigenvalue weighted by Crippen LogP contribution is -2.04. The quantitative estimate of drug-likeness (QED) is 0.589. The predicted octanol–water partition coefficient (Wildman–Crippen LogP) is 5.17. The van der Waals surface area contributed by atoms with E-state index in [4.69, 9.17) is 4.99 Å². The Hall–Kier alpha value is -2.74. The molecule has 0 aliphatic carbocycles. The molecule has 0 saturated carbocycles. The smallest absolute Gasteiger partial charge is 0.123 e. The van der Waals surface area contributed by atoms with Crippen molar-refractivity contribution < 1.29 is 4.39 Å². The van der Waals surface area contributed by atoms with E-state index in [9.17, 15) is 4.39 Å². The Morgan fingerprint density at radius 3 is 2.04 bits per heavy atom. The summed E-state index contributed by atoms with van der Waals surface area (Å²) >= 11 is 0. The van der Waals surface area contributed by atoms with E-state index in [0.29, 0.717) is 6.54 Å². The molecule has 1 nitrogen and oxygen atoms in total. The number of hydrogen-bond donors (Lipinski definition) is 0. The fraction of sp³-hybridized carbons (Fsp3) is 0.0952. The van der Waals surface area contributed by atoms with Crippen LogP contribution in [0.3, 0.4) is 0 Å². The van der Waals surface area contributed by atoms with Crippen LogP contribution in [0.15, 0.2) is 83.9 Å². The molecule has 0 aliphatic heterocycles. The van der Waals surface area contributed by atoms with Crippen LogP contribution in [0.25, 0.3) is 0 Å². The maximum atomic E-state index is 13.0. The third kappa shape index (κ3) is 3.92. The van der Waals surface area contributed by atoms with Crippen molar-refractivity contribution in [2.75, 3.05) is 0 Å². The van der Waals surface area contributed by atoms with Crippen LogP contribution in [-0.2, 0) is 6.54 Å². The van der Waals surface area contributed by atoms with Crippen LogP contribution >= 0.6 is 0 Å². The monoisotopic (exact) mass is 303 g/mol. The highest BCUT2D eigenvalue weighted by molar-refractivity contribution is 6.12. The van der Waals surface area contributed by atoms with Gasteiger partial charge in [0.15, 0.2) is 0 Å². The van der Waals surface area contributed by atoms with Gasteiger partial charge in [-0.1, -0.05) is 72.3 Å². The van der Waals surface area contributed by atoms with Crippen molar-refractivity contribution in [1.29, 1.82) is 0 Å². The van der Waals surface area contributed by atoms with E-state index in [-0.39, 0.29) is 5.82 Å². The van der Waals surface area contributed by atoms with Crippen LogP contribution in [0.1, 0.15) is 22.3 Å². The van der Waals surface area contributed by atoms with Crippen LogP contribution in [0.2, 0.25) is 0 Å². The molecule has 0 heterocycles. The summed E-state index contributed by atoms with van der Waals surface area (Å²) < 4.78 is 13.0. The standard InChI is InChI=1S/C21H18FN/c1-16-7-11-19(12-8-16)21(18-5-3-2-4-6-18)23-15-17-9-13-20(22)14-10-17/h2-14H,15H2,1H3. The zero-order chi connectivity index (χ0) is 16.1. The second kappa shape index (κ2) is 7.01. The van der Waals surface area contributed by atoms with Gasteiger partial charge in [0.05, 0.1) is 12.3 Å². The van der Waals surface area contributed by atoms with Gasteiger partial charge in [-0.05, 0) is 24.6 Å². The fourth-order valence-corrected chi connectivity index (χ4v) is 2.42. The van der Waals surface area contributed by atoms with E-state index < -0.39 is 0 Å². The van der Waals surface area contributed by atoms with Crippen LogP contribution in [0.5, 0.6) is 0 Å². The largest absolute Gasteiger partial charge is 0.279 e. The summed E-state index contributed by atoms with van der Waals surface area (Å²) in [5.41, 5.74) is 5.34. The van der Waals surface area contributed by atoms with Crippen molar-refractivity contribution >= 4 is 5.71 Å². The Morgan fingerprint density at radius 2 is 1.39 bits per heavy atom. The van der Waals surface area contributed by atoms with Gasteiger partial charge in [-0.25, -0.2) is 4.39 Å². The first-order valence-electron chi connectivity index (χ1n) is 7.64. The maximum Gasteiger partial charge on any atom is 0.123 e. The zero-order valence-electron chi connectivity index (χ0n) is 13.0. The lowest BCUT2D eigenvalue weighted by molar-refractivity contribution is 0.627. The van der Waals surface area contributed by atoms with Gasteiger partial charge >= 0.3 is 0 Å². The minimum Gasteiger partial charge on any atom is -0.279 e. The van der Waals surface area contributed by atoms with Gasteiger partial charge in [0, 0.05) is 11.1 Å². The number of halogens is 1. The van der Waals surface area contributed by atoms with Gasteiger partial charge in [-0.15, -0.1) is 0 Å². The van der Waals surface area contributed by atoms with E-state index in [2.05, 4.69) is 43.3 Å². The molecule has 0 aromatic heterocycles. The molecule has 0 atom stereocenters. The first kappa shape index (κ1) is 15.2. The number of hydrogen-bond acceptors (Lipinski definition) is 1. The van der Waals surface area contributed by atoms with Crippen LogP contribution in [-0.4, -0.2) is 5.71 Å². The van der Waals surface area contributed by atoms with E-state index >= 15 is 0 Å². The molecule has 0 spiro atoms. The average Bonchev–Trinajstić information content (AvgIpc) is 2.59. The highest BCUT2D eigenvalue weighted by atomic mass is 19.1. The molecule has 0 aliphatic rings. The highest BCUT2D eigenvalue weighted by Crippen LogP contribution is 2.14. The third-order valence-electron chi connectivity index (χ3n) is 3.71. The normalized spacial score (nSPS) is 11.5. The molecule has 0 amide bonds. The van der Waals surface area contributed by atoms with Crippen molar-refractivity contribution in [2.45, 2.75) is 13.5 Å². The molecule has 3 aromatic rings. The first-order valence-corrected chi connectivity index (χ1v) is 7.64. The van der Waals surface area contributed by atoms with Crippen LogP contribution in [0, 0.1) is 12.7 Å². The van der Waals surface area contributed by atoms with Crippen molar-refractivity contribution in [2.24, 2.45) is 4.99 Å². The highest BCUT2D eigenvalue weighted by Gasteiger charge is 2.06. The van der Waals surface area contributed by atoms with Gasteiger partial charge in [0.25, 0.3) is 0 Å². The lowest BCUT2D eigenvalue weighted by atomic mass is 10.0. The summed E-state index contributed by atoms with van der Waals surface area (Å²) in [4.78, 5) is 4.79. The minimum absolute atomic E-state index is 0.223. The molecular weight excluding hydrogens is 285 g/mol. The molecule has 3 rings (SSSR count). The molecule has 3 aromatic carbocycles. The Kier molecular flexibility index (Phi) is 4.62. The topological polar surface area (TPSA) is 12.4 Å². The predicted molar refractivity (Wildman–Crippen MR) is 93.4 cm³/mol. The molecule has 0 saturated heterocycles. The Morgan fingerprint density at radius 1 is 0.783 bits per heavy atom. The van der Waals surface area contributed by atoms with E-state index in [1.54, 1.807) is 12.1 Å². The molecule has 2 heteroatoms. The molecule has 114 valence electrons. The second-order valence-electron chi connectivity index (χ2n) is 5.52. The summed E-state index contributed by atoms with van der Waals surface area (Å²) in [7, 11) is 0. The Bertz CT molecular complexity index is 788. The second-order valence-corrected chi connectivity index (χ2v) is 5.52. The Labute approximate surface area is 136 Å². The van der Waals surface area contributed by atoms with Crippen molar-refractivity contribution in [1.82, 2.24) is 0 Å². The number of aryl methyl sites for hydroxylation is 1. The summed E-state index contributed by atoms with van der Waals surface area (Å²) in [6.07, 6.45) is 0. The SMILES string of the molecule is Cc1ccc(C(=NCc2ccc(F)cc2)c2ccccc2)cc1. The number of rotatable bonds is 4. The van der Waals surface area contributed by atoms with E-state index in [1.807, 2.05) is 18.2 Å². The van der Waals surface area contributed by atoms with Gasteiger partial charge in [-0.3, -0.25) is 4.99 Å². The van der Waals surface area contributed by atoms with Crippen LogP contribution < -0.4 is 0 Å². The Balaban J connectivity index is 1.96. The van der Waals surface area contributed by atoms with Crippen molar-refractivity contribution in [3.05, 3.63) is 107 Å². The average molecular weight is 303 g/mol. The van der Waals surface area contributed by atoms with Gasteiger partial charge in [0.2, 0.25) is 0 Å². The summed E-state index contributed by atoms with van der Waals surface area (Å²) in [6, 6.07) is 25.0. The molecule has 0 unspecified atom stereocenters. The molecular formula is C21H18FN. The lowest BCUT2D eigenvalue weighted by Gasteiger charge is -2.08. The van der Waals surface area contributed by atoms with Crippen LogP contribution in [0.4, 0.5) is 4.39 Å². The van der Waals surface area contributed by atoms with E-state index in [0.717, 1.165) is 22.4 Å². The molecule has 0 bridgehead atoms. The molecule has 0 radical (unpaired) electrons. The van der Waals surface area contributed by atoms with Crippen molar-refractivity contribution in [3.8, 4) is 0 Å². The van der Waals surface area contributed by atoms with Crippen molar-refractivity contribution in [3.63, 3.8) is 0 Å². The molecule has 0 fully saturated rings. The van der Waals surface area contributed by atoms with Gasteiger partial charge < -0.3 is 0 Å². The molecule has 0 N–H and O–H groups in total.